The van der Waals surface area contributed by atoms with Gasteiger partial charge in [0.1, 0.15) is 0 Å². The Morgan fingerprint density at radius 1 is 1.21 bits per heavy atom. The number of carboxylic acids is 1. The first-order chi connectivity index (χ1) is 9.02. The predicted octanol–water partition coefficient (Wildman–Crippen LogP) is 2.29. The van der Waals surface area contributed by atoms with Gasteiger partial charge in [0.05, 0.1) is 5.56 Å². The number of aromatic carboxylic acids is 1. The SMILES string of the molecule is CCCN(CCC)S(=O)[O-].O=C(O)c1ccccc1. The summed E-state index contributed by atoms with van der Waals surface area (Å²) in [5.74, 6) is -0.879. The molecule has 0 bridgehead atoms. The smallest absolute Gasteiger partial charge is 0.335 e. The van der Waals surface area contributed by atoms with E-state index in [2.05, 4.69) is 0 Å². The van der Waals surface area contributed by atoms with E-state index in [-0.39, 0.29) is 0 Å². The minimum atomic E-state index is -2.02. The lowest BCUT2D eigenvalue weighted by molar-refractivity contribution is 0.0697. The van der Waals surface area contributed by atoms with Crippen LogP contribution in [-0.4, -0.2) is 37.2 Å². The van der Waals surface area contributed by atoms with Crippen LogP contribution in [0.25, 0.3) is 0 Å². The quantitative estimate of drug-likeness (QED) is 0.813. The lowest BCUT2D eigenvalue weighted by Crippen LogP contribution is -2.27. The molecule has 108 valence electrons. The number of rotatable bonds is 6. The predicted molar refractivity (Wildman–Crippen MR) is 74.5 cm³/mol. The van der Waals surface area contributed by atoms with E-state index in [1.165, 1.54) is 4.31 Å². The summed E-state index contributed by atoms with van der Waals surface area (Å²) in [5, 5.41) is 8.38. The van der Waals surface area contributed by atoms with Gasteiger partial charge in [-0.1, -0.05) is 32.0 Å². The molecule has 0 spiro atoms. The van der Waals surface area contributed by atoms with E-state index in [0.717, 1.165) is 12.8 Å². The molecule has 5 nitrogen and oxygen atoms in total. The largest absolute Gasteiger partial charge is 0.760 e. The summed E-state index contributed by atoms with van der Waals surface area (Å²) in [5.41, 5.74) is 0.331. The zero-order valence-corrected chi connectivity index (χ0v) is 12.1. The molecule has 0 aliphatic heterocycles. The van der Waals surface area contributed by atoms with Gasteiger partial charge in [-0.3, -0.25) is 4.21 Å². The highest BCUT2D eigenvalue weighted by Gasteiger charge is 2.00. The molecule has 0 aliphatic carbocycles. The number of hydrogen-bond acceptors (Lipinski definition) is 3. The van der Waals surface area contributed by atoms with E-state index < -0.39 is 17.2 Å². The molecule has 1 aromatic rings. The second-order valence-corrected chi connectivity index (χ2v) is 4.77. The zero-order chi connectivity index (χ0) is 14.7. The Bertz CT molecular complexity index is 377. The van der Waals surface area contributed by atoms with Gasteiger partial charge in [-0.15, -0.1) is 0 Å². The Morgan fingerprint density at radius 2 is 1.68 bits per heavy atom. The molecule has 0 aliphatic rings. The third-order valence-electron chi connectivity index (χ3n) is 2.18. The van der Waals surface area contributed by atoms with E-state index >= 15 is 0 Å². The van der Waals surface area contributed by atoms with Gasteiger partial charge in [0.25, 0.3) is 0 Å². The highest BCUT2D eigenvalue weighted by atomic mass is 32.2. The Labute approximate surface area is 116 Å². The maximum absolute atomic E-state index is 10.4. The molecule has 0 saturated carbocycles. The molecule has 0 amide bonds. The second kappa shape index (κ2) is 10.7. The first kappa shape index (κ1) is 17.8. The molecule has 0 heterocycles. The van der Waals surface area contributed by atoms with Crippen molar-refractivity contribution < 1.29 is 18.7 Å². The fraction of sp³-hybridized carbons (Fsp3) is 0.462. The van der Waals surface area contributed by atoms with Gasteiger partial charge in [-0.25, -0.2) is 9.10 Å². The summed E-state index contributed by atoms with van der Waals surface area (Å²) >= 11 is -2.02. The van der Waals surface area contributed by atoms with Gasteiger partial charge in [0.15, 0.2) is 0 Å². The normalized spacial score (nSPS) is 11.6. The van der Waals surface area contributed by atoms with Crippen molar-refractivity contribution >= 4 is 17.2 Å². The van der Waals surface area contributed by atoms with Crippen LogP contribution in [0.2, 0.25) is 0 Å². The maximum Gasteiger partial charge on any atom is 0.335 e. The molecule has 1 atom stereocenters. The highest BCUT2D eigenvalue weighted by molar-refractivity contribution is 7.76. The Hall–Kier alpha value is -1.24. The van der Waals surface area contributed by atoms with Crippen molar-refractivity contribution in [3.05, 3.63) is 35.9 Å². The van der Waals surface area contributed by atoms with Crippen LogP contribution in [0.15, 0.2) is 30.3 Å². The van der Waals surface area contributed by atoms with Gasteiger partial charge in [0.2, 0.25) is 0 Å². The van der Waals surface area contributed by atoms with E-state index in [9.17, 15) is 13.6 Å². The fourth-order valence-electron chi connectivity index (χ4n) is 1.34. The van der Waals surface area contributed by atoms with Gasteiger partial charge in [-0.2, -0.15) is 0 Å². The summed E-state index contributed by atoms with van der Waals surface area (Å²) in [4.78, 5) is 10.2. The number of carboxylic acid groups (broad SMARTS) is 1. The van der Waals surface area contributed by atoms with Crippen LogP contribution >= 0.6 is 0 Å². The third-order valence-corrected chi connectivity index (χ3v) is 2.96. The molecule has 19 heavy (non-hydrogen) atoms. The van der Waals surface area contributed by atoms with Crippen LogP contribution in [0.3, 0.4) is 0 Å². The van der Waals surface area contributed by atoms with Crippen LogP contribution in [0, 0.1) is 0 Å². The van der Waals surface area contributed by atoms with Crippen molar-refractivity contribution in [1.82, 2.24) is 4.31 Å². The van der Waals surface area contributed by atoms with E-state index in [1.807, 2.05) is 13.8 Å². The number of nitrogens with zero attached hydrogens (tertiary/aromatic N) is 1. The molecule has 0 aromatic heterocycles. The van der Waals surface area contributed by atoms with Crippen molar-refractivity contribution in [3.8, 4) is 0 Å². The first-order valence-electron chi connectivity index (χ1n) is 6.15. The molecule has 1 aromatic carbocycles. The van der Waals surface area contributed by atoms with Crippen LogP contribution in [0.5, 0.6) is 0 Å². The molecular formula is C13H20NO4S-. The van der Waals surface area contributed by atoms with Crippen molar-refractivity contribution in [2.24, 2.45) is 0 Å². The Morgan fingerprint density at radius 3 is 1.95 bits per heavy atom. The van der Waals surface area contributed by atoms with Crippen molar-refractivity contribution in [3.63, 3.8) is 0 Å². The van der Waals surface area contributed by atoms with Crippen molar-refractivity contribution in [1.29, 1.82) is 0 Å². The van der Waals surface area contributed by atoms with Crippen LogP contribution in [0.1, 0.15) is 37.0 Å². The van der Waals surface area contributed by atoms with Crippen LogP contribution < -0.4 is 0 Å². The average Bonchev–Trinajstić information content (AvgIpc) is 2.40. The van der Waals surface area contributed by atoms with Gasteiger partial charge < -0.3 is 9.66 Å². The van der Waals surface area contributed by atoms with E-state index in [0.29, 0.717) is 18.7 Å². The minimum absolute atomic E-state index is 0.331. The molecule has 6 heteroatoms. The number of hydrogen-bond donors (Lipinski definition) is 1. The molecular weight excluding hydrogens is 266 g/mol. The first-order valence-corrected chi connectivity index (χ1v) is 7.18. The number of benzene rings is 1. The third kappa shape index (κ3) is 8.47. The van der Waals surface area contributed by atoms with Crippen molar-refractivity contribution in [2.75, 3.05) is 13.1 Å². The molecule has 1 N–H and O–H groups in total. The lowest BCUT2D eigenvalue weighted by Gasteiger charge is -2.22. The molecule has 0 fully saturated rings. The standard InChI is InChI=1S/C7H6O2.C6H15NO2S/c8-7(9)6-4-2-1-3-5-6;1-3-5-7(6-4-2)10(8)9/h1-5H,(H,8,9);3-6H2,1-2H3,(H,8,9)/p-1. The second-order valence-electron chi connectivity index (χ2n) is 3.82. The summed E-state index contributed by atoms with van der Waals surface area (Å²) in [6.07, 6.45) is 1.77. The maximum atomic E-state index is 10.4. The Kier molecular flexibility index (Phi) is 9.97. The zero-order valence-electron chi connectivity index (χ0n) is 11.2. The molecule has 1 unspecified atom stereocenters. The van der Waals surface area contributed by atoms with E-state index in [4.69, 9.17) is 5.11 Å². The van der Waals surface area contributed by atoms with E-state index in [1.54, 1.807) is 30.3 Å². The topological polar surface area (TPSA) is 80.7 Å². The number of carbonyl (C=O) groups is 1. The summed E-state index contributed by atoms with van der Waals surface area (Å²) in [6.45, 7) is 5.22. The molecule has 1 rings (SSSR count). The average molecular weight is 286 g/mol. The monoisotopic (exact) mass is 286 g/mol. The fourth-order valence-corrected chi connectivity index (χ4v) is 2.00. The summed E-state index contributed by atoms with van der Waals surface area (Å²) in [6, 6.07) is 8.30. The van der Waals surface area contributed by atoms with Gasteiger partial charge in [0, 0.05) is 24.4 Å². The molecule has 0 radical (unpaired) electrons. The Balaban J connectivity index is 0.000000342. The van der Waals surface area contributed by atoms with Gasteiger partial charge >= 0.3 is 5.97 Å². The lowest BCUT2D eigenvalue weighted by atomic mass is 10.2. The van der Waals surface area contributed by atoms with Crippen LogP contribution in [-0.2, 0) is 11.3 Å². The van der Waals surface area contributed by atoms with Gasteiger partial charge in [-0.05, 0) is 25.0 Å². The summed E-state index contributed by atoms with van der Waals surface area (Å²) in [7, 11) is 0. The highest BCUT2D eigenvalue weighted by Crippen LogP contribution is 1.96. The van der Waals surface area contributed by atoms with Crippen molar-refractivity contribution in [2.45, 2.75) is 26.7 Å². The summed E-state index contributed by atoms with van der Waals surface area (Å²) < 4.78 is 22.3. The van der Waals surface area contributed by atoms with Crippen LogP contribution in [0.4, 0.5) is 0 Å². The molecule has 0 saturated heterocycles. The minimum Gasteiger partial charge on any atom is -0.760 e.